The second kappa shape index (κ2) is 11.7. The van der Waals surface area contributed by atoms with E-state index in [0.29, 0.717) is 34.9 Å². The number of nitrogens with zero attached hydrogens (tertiary/aromatic N) is 3. The Bertz CT molecular complexity index is 1240. The number of aromatic nitrogens is 2. The van der Waals surface area contributed by atoms with Gasteiger partial charge < -0.3 is 14.6 Å². The number of amides is 1. The number of thioether (sulfide) groups is 1. The Labute approximate surface area is 210 Å². The standard InChI is InChI=1S/C28H30N4O2S/c1-20(2)17-29-27(33)25-15-14-23(34-25)19-35-28-30-24(22-12-8-5-9-13-22)16-26(31-28)32(3)18-21-10-6-4-7-11-21/h4-16,20H,17-19H2,1-3H3,(H,29,33). The van der Waals surface area contributed by atoms with Crippen molar-refractivity contribution in [1.29, 1.82) is 0 Å². The molecule has 0 aliphatic carbocycles. The first-order valence-corrected chi connectivity index (χ1v) is 12.7. The largest absolute Gasteiger partial charge is 0.455 e. The number of hydrogen-bond donors (Lipinski definition) is 1. The number of anilines is 1. The van der Waals surface area contributed by atoms with Crippen molar-refractivity contribution in [2.75, 3.05) is 18.5 Å². The first kappa shape index (κ1) is 24.5. The molecule has 4 rings (SSSR count). The first-order chi connectivity index (χ1) is 17.0. The topological polar surface area (TPSA) is 71.3 Å². The van der Waals surface area contributed by atoms with Crippen LogP contribution >= 0.6 is 11.8 Å². The van der Waals surface area contributed by atoms with E-state index < -0.39 is 0 Å². The molecule has 0 spiro atoms. The molecular formula is C28H30N4O2S. The van der Waals surface area contributed by atoms with Crippen molar-refractivity contribution in [2.24, 2.45) is 5.92 Å². The average molecular weight is 487 g/mol. The van der Waals surface area contributed by atoms with Crippen LogP contribution in [0.4, 0.5) is 5.82 Å². The fourth-order valence-corrected chi connectivity index (χ4v) is 4.21. The van der Waals surface area contributed by atoms with E-state index in [0.717, 1.165) is 23.6 Å². The van der Waals surface area contributed by atoms with Crippen molar-refractivity contribution >= 4 is 23.5 Å². The van der Waals surface area contributed by atoms with Crippen molar-refractivity contribution in [2.45, 2.75) is 31.3 Å². The molecule has 180 valence electrons. The van der Waals surface area contributed by atoms with Gasteiger partial charge in [0.2, 0.25) is 0 Å². The van der Waals surface area contributed by atoms with Gasteiger partial charge in [0, 0.05) is 31.8 Å². The van der Waals surface area contributed by atoms with Gasteiger partial charge in [0.1, 0.15) is 11.6 Å². The molecule has 0 saturated heterocycles. The maximum atomic E-state index is 12.3. The van der Waals surface area contributed by atoms with Crippen LogP contribution in [-0.2, 0) is 12.3 Å². The molecule has 0 atom stereocenters. The molecule has 0 aliphatic heterocycles. The first-order valence-electron chi connectivity index (χ1n) is 11.7. The predicted molar refractivity (Wildman–Crippen MR) is 141 cm³/mol. The number of furan rings is 1. The van der Waals surface area contributed by atoms with Crippen LogP contribution in [0, 0.1) is 5.92 Å². The van der Waals surface area contributed by atoms with Gasteiger partial charge in [-0.3, -0.25) is 4.79 Å². The van der Waals surface area contributed by atoms with Crippen molar-refractivity contribution in [1.82, 2.24) is 15.3 Å². The van der Waals surface area contributed by atoms with Gasteiger partial charge in [-0.15, -0.1) is 0 Å². The van der Waals surface area contributed by atoms with Crippen LogP contribution < -0.4 is 10.2 Å². The summed E-state index contributed by atoms with van der Waals surface area (Å²) in [5.41, 5.74) is 3.11. The summed E-state index contributed by atoms with van der Waals surface area (Å²) in [4.78, 5) is 24.0. The highest BCUT2D eigenvalue weighted by Crippen LogP contribution is 2.28. The Balaban J connectivity index is 1.52. The van der Waals surface area contributed by atoms with Crippen molar-refractivity contribution in [3.63, 3.8) is 0 Å². The lowest BCUT2D eigenvalue weighted by Gasteiger charge is -2.19. The molecule has 4 aromatic rings. The highest BCUT2D eigenvalue weighted by atomic mass is 32.2. The van der Waals surface area contributed by atoms with E-state index in [-0.39, 0.29) is 5.91 Å². The maximum absolute atomic E-state index is 12.3. The number of hydrogen-bond acceptors (Lipinski definition) is 6. The molecule has 0 aliphatic rings. The van der Waals surface area contributed by atoms with E-state index in [9.17, 15) is 4.79 Å². The lowest BCUT2D eigenvalue weighted by atomic mass is 10.1. The van der Waals surface area contributed by atoms with Gasteiger partial charge in [-0.1, -0.05) is 86.3 Å². The summed E-state index contributed by atoms with van der Waals surface area (Å²) in [5, 5.41) is 3.54. The van der Waals surface area contributed by atoms with Gasteiger partial charge in [-0.05, 0) is 23.6 Å². The van der Waals surface area contributed by atoms with Crippen LogP contribution in [0.1, 0.15) is 35.7 Å². The van der Waals surface area contributed by atoms with E-state index in [4.69, 9.17) is 14.4 Å². The molecule has 2 heterocycles. The minimum absolute atomic E-state index is 0.193. The second-order valence-corrected chi connectivity index (χ2v) is 9.70. The minimum atomic E-state index is -0.193. The monoisotopic (exact) mass is 486 g/mol. The number of nitrogens with one attached hydrogen (secondary N) is 1. The van der Waals surface area contributed by atoms with Crippen molar-refractivity contribution in [3.05, 3.63) is 95.9 Å². The Kier molecular flexibility index (Phi) is 8.21. The molecule has 0 saturated carbocycles. The van der Waals surface area contributed by atoms with Crippen molar-refractivity contribution in [3.8, 4) is 11.3 Å². The van der Waals surface area contributed by atoms with Crippen LogP contribution in [0.3, 0.4) is 0 Å². The van der Waals surface area contributed by atoms with Gasteiger partial charge in [0.25, 0.3) is 5.91 Å². The molecule has 1 amide bonds. The zero-order valence-corrected chi connectivity index (χ0v) is 21.1. The molecule has 35 heavy (non-hydrogen) atoms. The zero-order valence-electron chi connectivity index (χ0n) is 20.3. The number of carbonyl (C=O) groups excluding carboxylic acids is 1. The fraction of sp³-hybridized carbons (Fsp3) is 0.250. The van der Waals surface area contributed by atoms with Gasteiger partial charge in [0.15, 0.2) is 10.9 Å². The molecule has 0 unspecified atom stereocenters. The molecule has 1 N–H and O–H groups in total. The average Bonchev–Trinajstić information content (AvgIpc) is 3.36. The van der Waals surface area contributed by atoms with E-state index in [2.05, 4.69) is 36.2 Å². The van der Waals surface area contributed by atoms with Crippen LogP contribution in [0.25, 0.3) is 11.3 Å². The van der Waals surface area contributed by atoms with Gasteiger partial charge in [-0.2, -0.15) is 0 Å². The lowest BCUT2D eigenvalue weighted by Crippen LogP contribution is -2.26. The van der Waals surface area contributed by atoms with Gasteiger partial charge in [0.05, 0.1) is 11.4 Å². The van der Waals surface area contributed by atoms with E-state index in [1.807, 2.05) is 67.7 Å². The third kappa shape index (κ3) is 6.96. The van der Waals surface area contributed by atoms with Crippen LogP contribution in [0.2, 0.25) is 0 Å². The summed E-state index contributed by atoms with van der Waals surface area (Å²) in [6.07, 6.45) is 0. The molecule has 7 heteroatoms. The highest BCUT2D eigenvalue weighted by molar-refractivity contribution is 7.98. The SMILES string of the molecule is CC(C)CNC(=O)c1ccc(CSc2nc(-c3ccccc3)cc(N(C)Cc3ccccc3)n2)o1. The summed E-state index contributed by atoms with van der Waals surface area (Å²) in [6.45, 7) is 5.46. The number of carbonyl (C=O) groups is 1. The summed E-state index contributed by atoms with van der Waals surface area (Å²) in [5.74, 6) is 2.59. The van der Waals surface area contributed by atoms with Crippen LogP contribution in [0.15, 0.2) is 88.4 Å². The van der Waals surface area contributed by atoms with Crippen LogP contribution in [-0.4, -0.2) is 29.5 Å². The third-order valence-corrected chi connectivity index (χ3v) is 6.18. The predicted octanol–water partition coefficient (Wildman–Crippen LogP) is 6.05. The Morgan fingerprint density at radius 3 is 2.43 bits per heavy atom. The quantitative estimate of drug-likeness (QED) is 0.217. The summed E-state index contributed by atoms with van der Waals surface area (Å²) >= 11 is 1.49. The lowest BCUT2D eigenvalue weighted by molar-refractivity contribution is 0.0920. The molecule has 0 fully saturated rings. The van der Waals surface area contributed by atoms with E-state index in [1.165, 1.54) is 17.3 Å². The zero-order chi connectivity index (χ0) is 24.6. The Morgan fingerprint density at radius 2 is 1.71 bits per heavy atom. The Morgan fingerprint density at radius 1 is 1.00 bits per heavy atom. The highest BCUT2D eigenvalue weighted by Gasteiger charge is 2.14. The maximum Gasteiger partial charge on any atom is 0.287 e. The van der Waals surface area contributed by atoms with Crippen LogP contribution in [0.5, 0.6) is 0 Å². The molecule has 0 bridgehead atoms. The summed E-state index contributed by atoms with van der Waals surface area (Å²) < 4.78 is 5.77. The van der Waals surface area contributed by atoms with Crippen molar-refractivity contribution < 1.29 is 9.21 Å². The fourth-order valence-electron chi connectivity index (χ4n) is 3.47. The van der Waals surface area contributed by atoms with Gasteiger partial charge >= 0.3 is 0 Å². The third-order valence-electron chi connectivity index (χ3n) is 5.32. The minimum Gasteiger partial charge on any atom is -0.455 e. The summed E-state index contributed by atoms with van der Waals surface area (Å²) in [6, 6.07) is 26.0. The molecule has 2 aromatic heterocycles. The number of rotatable bonds is 10. The molecule has 6 nitrogen and oxygen atoms in total. The normalized spacial score (nSPS) is 11.0. The van der Waals surface area contributed by atoms with Gasteiger partial charge in [-0.25, -0.2) is 9.97 Å². The summed E-state index contributed by atoms with van der Waals surface area (Å²) in [7, 11) is 2.03. The number of benzene rings is 2. The van der Waals surface area contributed by atoms with E-state index >= 15 is 0 Å². The second-order valence-electron chi connectivity index (χ2n) is 8.76. The van der Waals surface area contributed by atoms with E-state index in [1.54, 1.807) is 6.07 Å². The molecule has 0 radical (unpaired) electrons. The Hall–Kier alpha value is -3.58. The smallest absolute Gasteiger partial charge is 0.287 e. The molecular weight excluding hydrogens is 456 g/mol. The molecule has 2 aromatic carbocycles.